The van der Waals surface area contributed by atoms with Crippen molar-refractivity contribution in [3.05, 3.63) is 11.9 Å². The Labute approximate surface area is 121 Å². The Morgan fingerprint density at radius 1 is 1.38 bits per heavy atom. The Bertz CT molecular complexity index is 538. The summed E-state index contributed by atoms with van der Waals surface area (Å²) in [6.45, 7) is 3.33. The number of aliphatic carboxylic acids is 1. The fraction of sp³-hybridized carbons (Fsp3) is 0.583. The van der Waals surface area contributed by atoms with Crippen molar-refractivity contribution in [2.24, 2.45) is 5.92 Å². The Morgan fingerprint density at radius 2 is 2.00 bits per heavy atom. The number of likely N-dealkylation sites (N-methyl/N-ethyl adjacent to an activating group) is 1. The number of carboxylic acids is 1. The van der Waals surface area contributed by atoms with E-state index in [0.717, 1.165) is 0 Å². The third kappa shape index (κ3) is 4.55. The lowest BCUT2D eigenvalue weighted by atomic mass is 10.0. The number of hydrogen-bond donors (Lipinski definition) is 2. The molecule has 1 aromatic rings. The summed E-state index contributed by atoms with van der Waals surface area (Å²) in [5, 5.41) is 18.7. The van der Waals surface area contributed by atoms with Gasteiger partial charge in [-0.05, 0) is 5.92 Å². The van der Waals surface area contributed by atoms with Gasteiger partial charge in [-0.2, -0.15) is 0 Å². The SMILES string of the molecule is CC(C)C(NC(=O)c1cn(CC(=O)N(C)C)nn1)C(=O)O. The molecule has 0 bridgehead atoms. The van der Waals surface area contributed by atoms with Gasteiger partial charge in [0.15, 0.2) is 5.69 Å². The van der Waals surface area contributed by atoms with Crippen molar-refractivity contribution in [1.29, 1.82) is 0 Å². The van der Waals surface area contributed by atoms with Gasteiger partial charge in [-0.3, -0.25) is 9.59 Å². The first-order valence-corrected chi connectivity index (χ1v) is 6.36. The highest BCUT2D eigenvalue weighted by Crippen LogP contribution is 2.03. The molecule has 0 aliphatic carbocycles. The summed E-state index contributed by atoms with van der Waals surface area (Å²) in [5.74, 6) is -2.22. The monoisotopic (exact) mass is 297 g/mol. The molecule has 1 unspecified atom stereocenters. The van der Waals surface area contributed by atoms with E-state index in [1.165, 1.54) is 15.8 Å². The van der Waals surface area contributed by atoms with Crippen molar-refractivity contribution in [2.75, 3.05) is 14.1 Å². The Balaban J connectivity index is 2.74. The van der Waals surface area contributed by atoms with Crippen molar-refractivity contribution in [3.8, 4) is 0 Å². The van der Waals surface area contributed by atoms with Crippen LogP contribution >= 0.6 is 0 Å². The molecule has 0 spiro atoms. The molecule has 0 saturated carbocycles. The average molecular weight is 297 g/mol. The number of carboxylic acid groups (broad SMARTS) is 1. The molecule has 1 aromatic heterocycles. The zero-order valence-corrected chi connectivity index (χ0v) is 12.4. The summed E-state index contributed by atoms with van der Waals surface area (Å²) >= 11 is 0. The van der Waals surface area contributed by atoms with E-state index in [2.05, 4.69) is 15.6 Å². The summed E-state index contributed by atoms with van der Waals surface area (Å²) in [6.07, 6.45) is 1.30. The van der Waals surface area contributed by atoms with Crippen LogP contribution in [0.4, 0.5) is 0 Å². The van der Waals surface area contributed by atoms with E-state index in [4.69, 9.17) is 5.11 Å². The van der Waals surface area contributed by atoms with Crippen LogP contribution in [-0.2, 0) is 16.1 Å². The van der Waals surface area contributed by atoms with Gasteiger partial charge in [0.05, 0.1) is 6.20 Å². The van der Waals surface area contributed by atoms with Gasteiger partial charge < -0.3 is 15.3 Å². The minimum absolute atomic E-state index is 0.0338. The molecule has 1 atom stereocenters. The number of hydrogen-bond acceptors (Lipinski definition) is 5. The van der Waals surface area contributed by atoms with Crippen molar-refractivity contribution >= 4 is 17.8 Å². The topological polar surface area (TPSA) is 117 Å². The second-order valence-corrected chi connectivity index (χ2v) is 5.12. The smallest absolute Gasteiger partial charge is 0.326 e. The predicted octanol–water partition coefficient (Wildman–Crippen LogP) is -0.795. The predicted molar refractivity (Wildman–Crippen MR) is 72.4 cm³/mol. The normalized spacial score (nSPS) is 12.0. The first-order chi connectivity index (χ1) is 9.72. The van der Waals surface area contributed by atoms with Gasteiger partial charge >= 0.3 is 5.97 Å². The molecule has 0 aromatic carbocycles. The fourth-order valence-corrected chi connectivity index (χ4v) is 1.49. The third-order valence-corrected chi connectivity index (χ3v) is 2.79. The van der Waals surface area contributed by atoms with Crippen LogP contribution in [0.3, 0.4) is 0 Å². The van der Waals surface area contributed by atoms with Crippen LogP contribution in [0.15, 0.2) is 6.20 Å². The molecular weight excluding hydrogens is 278 g/mol. The van der Waals surface area contributed by atoms with Crippen molar-refractivity contribution in [3.63, 3.8) is 0 Å². The number of nitrogens with one attached hydrogen (secondary N) is 1. The van der Waals surface area contributed by atoms with Crippen LogP contribution in [-0.4, -0.2) is 62.9 Å². The number of carbonyl (C=O) groups is 3. The van der Waals surface area contributed by atoms with Crippen molar-refractivity contribution in [2.45, 2.75) is 26.4 Å². The fourth-order valence-electron chi connectivity index (χ4n) is 1.49. The molecule has 9 nitrogen and oxygen atoms in total. The lowest BCUT2D eigenvalue weighted by molar-refractivity contribution is -0.140. The van der Waals surface area contributed by atoms with Gasteiger partial charge in [0.25, 0.3) is 5.91 Å². The van der Waals surface area contributed by atoms with Crippen LogP contribution in [0.5, 0.6) is 0 Å². The first-order valence-electron chi connectivity index (χ1n) is 6.36. The Kier molecular flexibility index (Phi) is 5.39. The maximum absolute atomic E-state index is 11.9. The van der Waals surface area contributed by atoms with Crippen LogP contribution < -0.4 is 5.32 Å². The maximum atomic E-state index is 11.9. The Hall–Kier alpha value is -2.45. The van der Waals surface area contributed by atoms with Gasteiger partial charge in [0.2, 0.25) is 5.91 Å². The highest BCUT2D eigenvalue weighted by Gasteiger charge is 2.25. The molecule has 0 aliphatic heterocycles. The number of aromatic nitrogens is 3. The van der Waals surface area contributed by atoms with Crippen LogP contribution in [0, 0.1) is 5.92 Å². The first kappa shape index (κ1) is 16.6. The van der Waals surface area contributed by atoms with Crippen molar-refractivity contribution in [1.82, 2.24) is 25.2 Å². The molecule has 2 N–H and O–H groups in total. The van der Waals surface area contributed by atoms with Crippen LogP contribution in [0.25, 0.3) is 0 Å². The van der Waals surface area contributed by atoms with E-state index in [1.807, 2.05) is 0 Å². The molecule has 0 saturated heterocycles. The highest BCUT2D eigenvalue weighted by molar-refractivity contribution is 5.94. The average Bonchev–Trinajstić information content (AvgIpc) is 2.83. The summed E-state index contributed by atoms with van der Waals surface area (Å²) < 4.78 is 1.22. The minimum atomic E-state index is -1.12. The summed E-state index contributed by atoms with van der Waals surface area (Å²) in [5.41, 5.74) is -0.0338. The van der Waals surface area contributed by atoms with Gasteiger partial charge in [0, 0.05) is 14.1 Å². The zero-order chi connectivity index (χ0) is 16.2. The molecule has 0 radical (unpaired) electrons. The molecule has 2 amide bonds. The summed E-state index contributed by atoms with van der Waals surface area (Å²) in [4.78, 5) is 35.8. The number of rotatable bonds is 6. The van der Waals surface area contributed by atoms with Gasteiger partial charge in [-0.25, -0.2) is 9.48 Å². The van der Waals surface area contributed by atoms with E-state index in [1.54, 1.807) is 27.9 Å². The summed E-state index contributed by atoms with van der Waals surface area (Å²) in [7, 11) is 3.21. The van der Waals surface area contributed by atoms with E-state index < -0.39 is 17.9 Å². The second kappa shape index (κ2) is 6.82. The lowest BCUT2D eigenvalue weighted by Gasteiger charge is -2.16. The summed E-state index contributed by atoms with van der Waals surface area (Å²) in [6, 6.07) is -1.01. The van der Waals surface area contributed by atoms with E-state index in [0.29, 0.717) is 0 Å². The number of amides is 2. The van der Waals surface area contributed by atoms with Gasteiger partial charge in [0.1, 0.15) is 12.6 Å². The lowest BCUT2D eigenvalue weighted by Crippen LogP contribution is -2.44. The molecule has 116 valence electrons. The van der Waals surface area contributed by atoms with Gasteiger partial charge in [-0.15, -0.1) is 5.10 Å². The quantitative estimate of drug-likeness (QED) is 0.710. The molecule has 1 rings (SSSR count). The largest absolute Gasteiger partial charge is 0.480 e. The van der Waals surface area contributed by atoms with E-state index in [9.17, 15) is 14.4 Å². The standard InChI is InChI=1S/C12H19N5O4/c1-7(2)10(12(20)21)13-11(19)8-5-17(15-14-8)6-9(18)16(3)4/h5,7,10H,6H2,1-4H3,(H,13,19)(H,20,21). The molecule has 1 heterocycles. The van der Waals surface area contributed by atoms with Crippen molar-refractivity contribution < 1.29 is 19.5 Å². The van der Waals surface area contributed by atoms with Gasteiger partial charge in [-0.1, -0.05) is 19.1 Å². The van der Waals surface area contributed by atoms with E-state index >= 15 is 0 Å². The zero-order valence-electron chi connectivity index (χ0n) is 12.4. The molecule has 21 heavy (non-hydrogen) atoms. The second-order valence-electron chi connectivity index (χ2n) is 5.12. The molecule has 9 heteroatoms. The third-order valence-electron chi connectivity index (χ3n) is 2.79. The molecule has 0 aliphatic rings. The maximum Gasteiger partial charge on any atom is 0.326 e. The molecular formula is C12H19N5O4. The van der Waals surface area contributed by atoms with Crippen LogP contribution in [0.2, 0.25) is 0 Å². The minimum Gasteiger partial charge on any atom is -0.480 e. The van der Waals surface area contributed by atoms with Crippen LogP contribution in [0.1, 0.15) is 24.3 Å². The molecule has 0 fully saturated rings. The highest BCUT2D eigenvalue weighted by atomic mass is 16.4. The number of nitrogens with zero attached hydrogens (tertiary/aromatic N) is 4. The van der Waals surface area contributed by atoms with E-state index in [-0.39, 0.29) is 24.1 Å². The number of carbonyl (C=O) groups excluding carboxylic acids is 2. The Morgan fingerprint density at radius 3 is 2.48 bits per heavy atom.